The number of unbranched alkanes of at least 4 members (excludes halogenated alkanes) is 2. The predicted octanol–water partition coefficient (Wildman–Crippen LogP) is 5.56. The maximum Gasteiger partial charge on any atom is 0.295 e. The number of halogens is 1. The minimum atomic E-state index is -0.704. The summed E-state index contributed by atoms with van der Waals surface area (Å²) in [6.07, 6.45) is 6.99. The second kappa shape index (κ2) is 12.8. The van der Waals surface area contributed by atoms with Gasteiger partial charge in [0.2, 0.25) is 0 Å². The number of ketones is 1. The summed E-state index contributed by atoms with van der Waals surface area (Å²) in [7, 11) is 0. The molecule has 1 aromatic heterocycles. The molecule has 0 bridgehead atoms. The third-order valence-corrected chi connectivity index (χ3v) is 6.68. The Hall–Kier alpha value is -2.51. The van der Waals surface area contributed by atoms with Gasteiger partial charge >= 0.3 is 0 Å². The third kappa shape index (κ3) is 6.33. The lowest BCUT2D eigenvalue weighted by molar-refractivity contribution is -0.140. The summed E-state index contributed by atoms with van der Waals surface area (Å²) < 4.78 is 0.862. The van der Waals surface area contributed by atoms with Crippen LogP contribution in [0.4, 0.5) is 0 Å². The second-order valence-corrected chi connectivity index (χ2v) is 9.57. The van der Waals surface area contributed by atoms with Crippen molar-refractivity contribution in [2.75, 3.05) is 26.2 Å². The average molecular weight is 528 g/mol. The molecule has 1 unspecified atom stereocenters. The molecule has 1 aliphatic rings. The first-order valence-corrected chi connectivity index (χ1v) is 12.9. The Morgan fingerprint density at radius 3 is 2.24 bits per heavy atom. The zero-order valence-corrected chi connectivity index (χ0v) is 21.6. The molecule has 6 nitrogen and oxygen atoms in total. The van der Waals surface area contributed by atoms with Crippen LogP contribution in [-0.2, 0) is 9.59 Å². The highest BCUT2D eigenvalue weighted by molar-refractivity contribution is 9.10. The number of hydrogen-bond donors (Lipinski definition) is 1. The molecule has 1 aromatic carbocycles. The lowest BCUT2D eigenvalue weighted by atomic mass is 9.98. The van der Waals surface area contributed by atoms with Crippen LogP contribution >= 0.6 is 15.9 Å². The van der Waals surface area contributed by atoms with Crippen molar-refractivity contribution in [2.24, 2.45) is 0 Å². The molecule has 1 N–H and O–H groups in total. The van der Waals surface area contributed by atoms with E-state index in [9.17, 15) is 14.7 Å². The van der Waals surface area contributed by atoms with Gasteiger partial charge < -0.3 is 14.9 Å². The minimum Gasteiger partial charge on any atom is -0.507 e. The van der Waals surface area contributed by atoms with Crippen molar-refractivity contribution in [2.45, 2.75) is 52.0 Å². The number of rotatable bonds is 12. The van der Waals surface area contributed by atoms with Crippen molar-refractivity contribution in [3.8, 4) is 0 Å². The number of Topliss-reactive ketones (excluding diaryl/α,β-unsaturated/α-hetero) is 1. The van der Waals surface area contributed by atoms with Gasteiger partial charge in [-0.2, -0.15) is 0 Å². The molecular formula is C27H34BrN3O3. The van der Waals surface area contributed by atoms with Crippen LogP contribution < -0.4 is 0 Å². The van der Waals surface area contributed by atoms with Crippen LogP contribution in [0, 0.1) is 0 Å². The first-order valence-electron chi connectivity index (χ1n) is 12.2. The molecule has 34 heavy (non-hydrogen) atoms. The molecule has 2 aromatic rings. The number of nitrogens with zero attached hydrogens (tertiary/aromatic N) is 3. The van der Waals surface area contributed by atoms with E-state index in [1.165, 1.54) is 0 Å². The van der Waals surface area contributed by atoms with Crippen molar-refractivity contribution < 1.29 is 14.7 Å². The monoisotopic (exact) mass is 527 g/mol. The number of aromatic nitrogens is 1. The quantitative estimate of drug-likeness (QED) is 0.222. The zero-order valence-electron chi connectivity index (χ0n) is 20.0. The van der Waals surface area contributed by atoms with Gasteiger partial charge in [-0.3, -0.25) is 14.6 Å². The normalized spacial score (nSPS) is 17.6. The Balaban J connectivity index is 1.87. The first kappa shape index (κ1) is 26.1. The van der Waals surface area contributed by atoms with Gasteiger partial charge in [0.25, 0.3) is 11.7 Å². The molecular weight excluding hydrogens is 494 g/mol. The smallest absolute Gasteiger partial charge is 0.295 e. The SMILES string of the molecule is CCCCN(CCCC)CCCN1C(=O)C(=O)/C(=C(\O)c2ccc(Br)cc2)C1c1ccccn1. The summed E-state index contributed by atoms with van der Waals surface area (Å²) in [5, 5.41) is 11.1. The van der Waals surface area contributed by atoms with Crippen LogP contribution in [0.25, 0.3) is 5.76 Å². The summed E-state index contributed by atoms with van der Waals surface area (Å²) in [5.41, 5.74) is 1.17. The number of amides is 1. The maximum atomic E-state index is 13.1. The van der Waals surface area contributed by atoms with Gasteiger partial charge in [0.1, 0.15) is 11.8 Å². The Labute approximate surface area is 210 Å². The molecule has 1 aliphatic heterocycles. The summed E-state index contributed by atoms with van der Waals surface area (Å²) in [5.74, 6) is -1.41. The van der Waals surface area contributed by atoms with Crippen LogP contribution in [0.1, 0.15) is 63.3 Å². The minimum absolute atomic E-state index is 0.0971. The molecule has 1 amide bonds. The number of benzene rings is 1. The molecule has 7 heteroatoms. The van der Waals surface area contributed by atoms with E-state index in [0.29, 0.717) is 17.8 Å². The molecule has 3 rings (SSSR count). The highest BCUT2D eigenvalue weighted by Crippen LogP contribution is 2.38. The van der Waals surface area contributed by atoms with Crippen molar-refractivity contribution in [3.63, 3.8) is 0 Å². The van der Waals surface area contributed by atoms with Gasteiger partial charge in [-0.1, -0.05) is 60.8 Å². The van der Waals surface area contributed by atoms with Crippen LogP contribution in [-0.4, -0.2) is 57.8 Å². The van der Waals surface area contributed by atoms with Crippen molar-refractivity contribution in [1.82, 2.24) is 14.8 Å². The van der Waals surface area contributed by atoms with E-state index in [1.807, 2.05) is 6.07 Å². The number of likely N-dealkylation sites (tertiary alicyclic amines) is 1. The zero-order chi connectivity index (χ0) is 24.5. The third-order valence-electron chi connectivity index (χ3n) is 6.15. The van der Waals surface area contributed by atoms with Crippen molar-refractivity contribution in [1.29, 1.82) is 0 Å². The van der Waals surface area contributed by atoms with Gasteiger partial charge in [-0.25, -0.2) is 0 Å². The predicted molar refractivity (Wildman–Crippen MR) is 138 cm³/mol. The largest absolute Gasteiger partial charge is 0.507 e. The number of carbonyl (C=O) groups is 2. The van der Waals surface area contributed by atoms with E-state index in [4.69, 9.17) is 0 Å². The summed E-state index contributed by atoms with van der Waals surface area (Å²) in [6.45, 7) is 7.76. The van der Waals surface area contributed by atoms with Crippen LogP contribution in [0.2, 0.25) is 0 Å². The second-order valence-electron chi connectivity index (χ2n) is 8.66. The lowest BCUT2D eigenvalue weighted by Crippen LogP contribution is -2.34. The number of hydrogen-bond acceptors (Lipinski definition) is 5. The molecule has 0 radical (unpaired) electrons. The van der Waals surface area contributed by atoms with Gasteiger partial charge in [-0.15, -0.1) is 0 Å². The number of aliphatic hydroxyl groups is 1. The Morgan fingerprint density at radius 1 is 1.00 bits per heavy atom. The van der Waals surface area contributed by atoms with Gasteiger partial charge in [0.15, 0.2) is 0 Å². The topological polar surface area (TPSA) is 73.7 Å². The summed E-state index contributed by atoms with van der Waals surface area (Å²) in [6, 6.07) is 11.8. The Kier molecular flexibility index (Phi) is 9.84. The fourth-order valence-electron chi connectivity index (χ4n) is 4.28. The van der Waals surface area contributed by atoms with Crippen LogP contribution in [0.3, 0.4) is 0 Å². The van der Waals surface area contributed by atoms with E-state index in [2.05, 4.69) is 39.7 Å². The molecule has 182 valence electrons. The highest BCUT2D eigenvalue weighted by atomic mass is 79.9. The van der Waals surface area contributed by atoms with E-state index < -0.39 is 17.7 Å². The maximum absolute atomic E-state index is 13.1. The number of aliphatic hydroxyl groups excluding tert-OH is 1. The molecule has 1 saturated heterocycles. The fourth-order valence-corrected chi connectivity index (χ4v) is 4.55. The lowest BCUT2D eigenvalue weighted by Gasteiger charge is -2.27. The van der Waals surface area contributed by atoms with E-state index >= 15 is 0 Å². The van der Waals surface area contributed by atoms with E-state index in [1.54, 1.807) is 47.5 Å². The van der Waals surface area contributed by atoms with E-state index in [0.717, 1.165) is 56.2 Å². The summed E-state index contributed by atoms with van der Waals surface area (Å²) in [4.78, 5) is 34.7. The standard InChI is InChI=1S/C27H34BrN3O3/c1-3-5-16-30(17-6-4-2)18-9-19-31-24(22-10-7-8-15-29-22)23(26(33)27(31)34)25(32)20-11-13-21(28)14-12-20/h7-8,10-15,24,32H,3-6,9,16-19H2,1-2H3/b25-23-. The molecule has 1 fully saturated rings. The van der Waals surface area contributed by atoms with Crippen molar-refractivity contribution >= 4 is 33.4 Å². The molecule has 1 atom stereocenters. The number of pyridine rings is 1. The fraction of sp³-hybridized carbons (Fsp3) is 0.444. The van der Waals surface area contributed by atoms with E-state index in [-0.39, 0.29) is 11.3 Å². The highest BCUT2D eigenvalue weighted by Gasteiger charge is 2.46. The molecule has 2 heterocycles. The number of carbonyl (C=O) groups excluding carboxylic acids is 2. The average Bonchev–Trinajstić information content (AvgIpc) is 3.11. The first-order chi connectivity index (χ1) is 16.5. The van der Waals surface area contributed by atoms with Gasteiger partial charge in [-0.05, 0) is 63.2 Å². The summed E-state index contributed by atoms with van der Waals surface area (Å²) >= 11 is 3.39. The molecule has 0 saturated carbocycles. The van der Waals surface area contributed by atoms with Gasteiger partial charge in [0, 0.05) is 22.8 Å². The van der Waals surface area contributed by atoms with Crippen LogP contribution in [0.5, 0.6) is 0 Å². The molecule has 0 spiro atoms. The van der Waals surface area contributed by atoms with Gasteiger partial charge in [0.05, 0.1) is 11.3 Å². The Morgan fingerprint density at radius 2 is 1.65 bits per heavy atom. The van der Waals surface area contributed by atoms with Crippen molar-refractivity contribution in [3.05, 3.63) is 70.0 Å². The molecule has 0 aliphatic carbocycles. The van der Waals surface area contributed by atoms with Crippen LogP contribution in [0.15, 0.2) is 58.7 Å². The Bertz CT molecular complexity index is 984.